The van der Waals surface area contributed by atoms with Crippen LogP contribution in [-0.4, -0.2) is 35.1 Å². The quantitative estimate of drug-likeness (QED) is 0.368. The molecule has 0 aromatic heterocycles. The van der Waals surface area contributed by atoms with Gasteiger partial charge in [0.05, 0.1) is 16.6 Å². The maximum atomic E-state index is 15.4. The number of aliphatic carboxylic acids is 1. The van der Waals surface area contributed by atoms with Gasteiger partial charge in [0, 0.05) is 41.6 Å². The lowest BCUT2D eigenvalue weighted by Crippen LogP contribution is -2.50. The molecule has 6 nitrogen and oxygen atoms in total. The summed E-state index contributed by atoms with van der Waals surface area (Å²) in [5.74, 6) is -2.83. The fourth-order valence-electron chi connectivity index (χ4n) is 5.05. The fraction of sp³-hybridized carbons (Fsp3) is 0.462. The average Bonchev–Trinajstić information content (AvgIpc) is 3.04. The number of likely N-dealkylation sites (tertiary alicyclic amines) is 1. The lowest BCUT2D eigenvalue weighted by Gasteiger charge is -2.40. The number of nitrogens with one attached hydrogen (secondary N) is 1. The molecule has 196 valence electrons. The Morgan fingerprint density at radius 3 is 2.53 bits per heavy atom. The van der Waals surface area contributed by atoms with Gasteiger partial charge in [0.1, 0.15) is 11.6 Å². The molecule has 2 amide bonds. The van der Waals surface area contributed by atoms with Crippen molar-refractivity contribution in [2.45, 2.75) is 51.6 Å². The van der Waals surface area contributed by atoms with Gasteiger partial charge in [-0.15, -0.1) is 0 Å². The zero-order chi connectivity index (χ0) is 26.8. The topological polar surface area (TPSA) is 95.7 Å². The Bertz CT molecular complexity index is 1140. The maximum Gasteiger partial charge on any atom is 0.318 e. The number of rotatable bonds is 7. The van der Waals surface area contributed by atoms with Crippen molar-refractivity contribution in [2.75, 3.05) is 13.1 Å². The summed E-state index contributed by atoms with van der Waals surface area (Å²) in [5.41, 5.74) is 5.52. The minimum Gasteiger partial charge on any atom is -0.481 e. The SMILES string of the molecule is CC(C)(C)C[C@@H]1CN(C(=O)NCCCC(=O)O)[C@H](c2cccc(Cl)c2F)[C@@]1(N)c1ccc(Cl)cc1F. The molecule has 0 saturated carbocycles. The monoisotopic (exact) mass is 541 g/mol. The zero-order valence-corrected chi connectivity index (χ0v) is 22.0. The number of carbonyl (C=O) groups is 2. The Kier molecular flexibility index (Phi) is 8.53. The number of hydrogen-bond acceptors (Lipinski definition) is 3. The van der Waals surface area contributed by atoms with Gasteiger partial charge in [-0.2, -0.15) is 0 Å². The van der Waals surface area contributed by atoms with Crippen molar-refractivity contribution in [1.82, 2.24) is 10.2 Å². The second-order valence-electron chi connectivity index (χ2n) is 10.4. The van der Waals surface area contributed by atoms with Crippen molar-refractivity contribution in [2.24, 2.45) is 17.1 Å². The van der Waals surface area contributed by atoms with Crippen LogP contribution in [0.5, 0.6) is 0 Å². The average molecular weight is 542 g/mol. The highest BCUT2D eigenvalue weighted by Crippen LogP contribution is 2.53. The van der Waals surface area contributed by atoms with Gasteiger partial charge in [-0.3, -0.25) is 4.79 Å². The van der Waals surface area contributed by atoms with Crippen molar-refractivity contribution >= 4 is 35.2 Å². The molecule has 3 atom stereocenters. The van der Waals surface area contributed by atoms with E-state index < -0.39 is 41.1 Å². The molecule has 0 spiro atoms. The van der Waals surface area contributed by atoms with E-state index in [1.807, 2.05) is 20.8 Å². The molecule has 4 N–H and O–H groups in total. The van der Waals surface area contributed by atoms with Crippen molar-refractivity contribution in [1.29, 1.82) is 0 Å². The van der Waals surface area contributed by atoms with Gasteiger partial charge in [0.15, 0.2) is 0 Å². The van der Waals surface area contributed by atoms with E-state index in [1.165, 1.54) is 29.2 Å². The van der Waals surface area contributed by atoms with Crippen LogP contribution >= 0.6 is 23.2 Å². The first kappa shape index (κ1) is 28.2. The first-order valence-electron chi connectivity index (χ1n) is 11.7. The van der Waals surface area contributed by atoms with Crippen LogP contribution in [0.25, 0.3) is 0 Å². The van der Waals surface area contributed by atoms with Gasteiger partial charge in [0.2, 0.25) is 0 Å². The minimum absolute atomic E-state index is 0.0662. The lowest BCUT2D eigenvalue weighted by molar-refractivity contribution is -0.137. The summed E-state index contributed by atoms with van der Waals surface area (Å²) in [6.07, 6.45) is 0.610. The number of urea groups is 1. The molecule has 0 bridgehead atoms. The normalized spacial score (nSPS) is 22.1. The van der Waals surface area contributed by atoms with E-state index in [1.54, 1.807) is 6.07 Å². The van der Waals surface area contributed by atoms with Gasteiger partial charge >= 0.3 is 12.0 Å². The fourth-order valence-corrected chi connectivity index (χ4v) is 5.39. The van der Waals surface area contributed by atoms with E-state index in [0.717, 1.165) is 6.07 Å². The predicted octanol–water partition coefficient (Wildman–Crippen LogP) is 6.11. The third-order valence-electron chi connectivity index (χ3n) is 6.49. The number of carboxylic acid groups (broad SMARTS) is 1. The molecule has 36 heavy (non-hydrogen) atoms. The molecule has 0 aliphatic carbocycles. The molecule has 1 aliphatic heterocycles. The number of nitrogens with two attached hydrogens (primary N) is 1. The highest BCUT2D eigenvalue weighted by Gasteiger charge is 2.57. The van der Waals surface area contributed by atoms with E-state index in [-0.39, 0.29) is 52.5 Å². The van der Waals surface area contributed by atoms with Crippen molar-refractivity contribution in [3.8, 4) is 0 Å². The molecular formula is C26H31Cl2F2N3O3. The summed E-state index contributed by atoms with van der Waals surface area (Å²) in [6, 6.07) is 6.94. The first-order valence-corrected chi connectivity index (χ1v) is 12.5. The second kappa shape index (κ2) is 10.9. The Balaban J connectivity index is 2.16. The molecule has 1 saturated heterocycles. The van der Waals surface area contributed by atoms with Crippen LogP contribution in [0.2, 0.25) is 10.0 Å². The Hall–Kier alpha value is -2.42. The highest BCUT2D eigenvalue weighted by atomic mass is 35.5. The van der Waals surface area contributed by atoms with Crippen molar-refractivity contribution in [3.05, 3.63) is 69.2 Å². The minimum atomic E-state index is -1.52. The van der Waals surface area contributed by atoms with Crippen LogP contribution < -0.4 is 11.1 Å². The Morgan fingerprint density at radius 1 is 1.22 bits per heavy atom. The number of carbonyl (C=O) groups excluding carboxylic acids is 1. The molecule has 3 rings (SSSR count). The lowest BCUT2D eigenvalue weighted by atomic mass is 9.69. The second-order valence-corrected chi connectivity index (χ2v) is 11.3. The van der Waals surface area contributed by atoms with Crippen LogP contribution in [0.15, 0.2) is 36.4 Å². The summed E-state index contributed by atoms with van der Waals surface area (Å²) in [7, 11) is 0. The number of hydrogen-bond donors (Lipinski definition) is 3. The van der Waals surface area contributed by atoms with Gasteiger partial charge < -0.3 is 21.1 Å². The summed E-state index contributed by atoms with van der Waals surface area (Å²) in [4.78, 5) is 25.6. The smallest absolute Gasteiger partial charge is 0.318 e. The third kappa shape index (κ3) is 5.93. The van der Waals surface area contributed by atoms with E-state index in [2.05, 4.69) is 5.32 Å². The van der Waals surface area contributed by atoms with Crippen molar-refractivity contribution in [3.63, 3.8) is 0 Å². The van der Waals surface area contributed by atoms with Gasteiger partial charge in [0.25, 0.3) is 0 Å². The number of benzene rings is 2. The highest BCUT2D eigenvalue weighted by molar-refractivity contribution is 6.31. The van der Waals surface area contributed by atoms with E-state index in [4.69, 9.17) is 34.0 Å². The summed E-state index contributed by atoms with van der Waals surface area (Å²) in [6.45, 7) is 6.25. The molecular weight excluding hydrogens is 511 g/mol. The maximum absolute atomic E-state index is 15.4. The largest absolute Gasteiger partial charge is 0.481 e. The predicted molar refractivity (Wildman–Crippen MR) is 136 cm³/mol. The van der Waals surface area contributed by atoms with Crippen LogP contribution in [0.3, 0.4) is 0 Å². The van der Waals surface area contributed by atoms with Gasteiger partial charge in [-0.1, -0.05) is 62.2 Å². The van der Waals surface area contributed by atoms with Crippen LogP contribution in [0.4, 0.5) is 13.6 Å². The summed E-state index contributed by atoms with van der Waals surface area (Å²) >= 11 is 12.1. The molecule has 2 aromatic carbocycles. The summed E-state index contributed by atoms with van der Waals surface area (Å²) in [5, 5.41) is 11.6. The summed E-state index contributed by atoms with van der Waals surface area (Å²) < 4.78 is 30.9. The first-order chi connectivity index (χ1) is 16.8. The van der Waals surface area contributed by atoms with Crippen LogP contribution in [-0.2, 0) is 10.3 Å². The molecule has 0 radical (unpaired) electrons. The molecule has 1 heterocycles. The molecule has 10 heteroatoms. The standard InChI is InChI=1S/C26H31Cl2F2N3O3/c1-25(2,3)13-15-14-33(24(36)32-11-5-8-21(34)35)23(17-6-4-7-19(28)22(17)30)26(15,31)18-10-9-16(27)12-20(18)29/h4,6-7,9-10,12,15,23H,5,8,11,13-14,31H2,1-3H3,(H,32,36)(H,34,35)/t15-,23-,26+/m1/s1. The van der Waals surface area contributed by atoms with Gasteiger partial charge in [-0.05, 0) is 36.5 Å². The molecule has 1 fully saturated rings. The van der Waals surface area contributed by atoms with E-state index >= 15 is 8.78 Å². The third-order valence-corrected chi connectivity index (χ3v) is 7.02. The number of nitrogens with zero attached hydrogens (tertiary/aromatic N) is 1. The number of carboxylic acids is 1. The van der Waals surface area contributed by atoms with E-state index in [9.17, 15) is 9.59 Å². The van der Waals surface area contributed by atoms with E-state index in [0.29, 0.717) is 6.42 Å². The molecule has 0 unspecified atom stereocenters. The van der Waals surface area contributed by atoms with Gasteiger partial charge in [-0.25, -0.2) is 13.6 Å². The van der Waals surface area contributed by atoms with Crippen LogP contribution in [0, 0.1) is 23.0 Å². The Labute approximate surface area is 219 Å². The molecule has 1 aliphatic rings. The molecule has 2 aromatic rings. The number of halogens is 4. The Morgan fingerprint density at radius 2 is 1.92 bits per heavy atom. The zero-order valence-electron chi connectivity index (χ0n) is 20.5. The number of amides is 2. The van der Waals surface area contributed by atoms with Crippen molar-refractivity contribution < 1.29 is 23.5 Å². The van der Waals surface area contributed by atoms with Crippen LogP contribution in [0.1, 0.15) is 57.2 Å².